The van der Waals surface area contributed by atoms with Crippen LogP contribution in [0.2, 0.25) is 0 Å². The molecular weight excluding hydrogens is 704 g/mol. The number of oxazole rings is 2. The minimum Gasteiger partial charge on any atom is -0.507 e. The van der Waals surface area contributed by atoms with Gasteiger partial charge >= 0.3 is 11.9 Å². The van der Waals surface area contributed by atoms with Crippen molar-refractivity contribution in [3.63, 3.8) is 0 Å². The van der Waals surface area contributed by atoms with Gasteiger partial charge in [0, 0.05) is 22.3 Å². The number of phenolic OH excluding ortho intramolecular Hbond substituents is 2. The highest BCUT2D eigenvalue weighted by Crippen LogP contribution is 2.46. The van der Waals surface area contributed by atoms with Crippen LogP contribution in [-0.4, -0.2) is 52.5 Å². The summed E-state index contributed by atoms with van der Waals surface area (Å²) < 4.78 is 17.9. The van der Waals surface area contributed by atoms with E-state index in [4.69, 9.17) is 13.3 Å². The van der Waals surface area contributed by atoms with Gasteiger partial charge in [-0.15, -0.1) is 10.2 Å². The van der Waals surface area contributed by atoms with Gasteiger partial charge in [0.25, 0.3) is 0 Å². The highest BCUT2D eigenvalue weighted by molar-refractivity contribution is 6.05. The normalized spacial score (nSPS) is 11.3. The first kappa shape index (κ1) is 32.8. The van der Waals surface area contributed by atoms with E-state index in [1.807, 2.05) is 18.2 Å². The average molecular weight is 729 g/mol. The second-order valence-corrected chi connectivity index (χ2v) is 12.4. The molecule has 0 radical (unpaired) electrons. The van der Waals surface area contributed by atoms with Crippen molar-refractivity contribution >= 4 is 34.1 Å². The zero-order chi connectivity index (χ0) is 37.8. The first-order valence-electron chi connectivity index (χ1n) is 16.7. The largest absolute Gasteiger partial charge is 0.507 e. The quantitative estimate of drug-likeness (QED) is 0.115. The van der Waals surface area contributed by atoms with Gasteiger partial charge in [0.2, 0.25) is 23.6 Å². The molecule has 0 atom stereocenters. The fraction of sp³-hybridized carbons (Fsp3) is 0. The Morgan fingerprint density at radius 3 is 1.51 bits per heavy atom. The molecular formula is C42H24N4O9. The van der Waals surface area contributed by atoms with E-state index >= 15 is 0 Å². The van der Waals surface area contributed by atoms with Crippen LogP contribution in [0, 0.1) is 0 Å². The number of carboxylic acids is 2. The van der Waals surface area contributed by atoms with Crippen molar-refractivity contribution in [2.24, 2.45) is 0 Å². The van der Waals surface area contributed by atoms with E-state index in [1.54, 1.807) is 54.6 Å². The van der Waals surface area contributed by atoms with Crippen LogP contribution in [0.15, 0.2) is 135 Å². The highest BCUT2D eigenvalue weighted by atomic mass is 16.4. The lowest BCUT2D eigenvalue weighted by atomic mass is 9.86. The molecule has 0 amide bonds. The van der Waals surface area contributed by atoms with E-state index in [2.05, 4.69) is 20.2 Å². The molecule has 3 aromatic heterocycles. The molecule has 266 valence electrons. The zero-order valence-electron chi connectivity index (χ0n) is 28.2. The van der Waals surface area contributed by atoms with Crippen molar-refractivity contribution in [3.05, 3.63) is 132 Å². The smallest absolute Gasteiger partial charge is 0.336 e. The minimum atomic E-state index is -1.26. The third kappa shape index (κ3) is 5.77. The molecule has 0 unspecified atom stereocenters. The van der Waals surface area contributed by atoms with Crippen LogP contribution in [0.4, 0.5) is 0 Å². The first-order chi connectivity index (χ1) is 26.7. The molecule has 3 heterocycles. The summed E-state index contributed by atoms with van der Waals surface area (Å²) in [4.78, 5) is 33.3. The lowest BCUT2D eigenvalue weighted by Gasteiger charge is -2.18. The van der Waals surface area contributed by atoms with Crippen LogP contribution in [0.25, 0.3) is 90.3 Å². The monoisotopic (exact) mass is 728 g/mol. The van der Waals surface area contributed by atoms with Gasteiger partial charge in [0.05, 0.1) is 22.3 Å². The van der Waals surface area contributed by atoms with Crippen LogP contribution in [-0.2, 0) is 0 Å². The molecule has 13 nitrogen and oxygen atoms in total. The Kier molecular flexibility index (Phi) is 7.67. The molecule has 4 N–H and O–H groups in total. The van der Waals surface area contributed by atoms with Crippen molar-refractivity contribution in [2.75, 3.05) is 0 Å². The Hall–Kier alpha value is -8.06. The Balaban J connectivity index is 1.23. The number of hydrogen-bond donors (Lipinski definition) is 4. The molecule has 0 fully saturated rings. The number of fused-ring (bicyclic) bond motifs is 2. The van der Waals surface area contributed by atoms with Crippen molar-refractivity contribution in [2.45, 2.75) is 0 Å². The number of phenols is 2. The van der Waals surface area contributed by atoms with E-state index in [-0.39, 0.29) is 62.9 Å². The van der Waals surface area contributed by atoms with Gasteiger partial charge in [0.1, 0.15) is 22.5 Å². The standard InChI is InChI=1S/C42H24N4O9/c47-31-19-23(13-15-25(31)38-43-29-5-1-3-7-33(29)53-38)35-27(40-46-45-37(55-40)21-9-11-22(12-10-21)41(49)50)17-18-28(42(51)52)36(35)24-14-16-26(32(48)20-24)39-44-30-6-2-4-8-34(30)54-39/h1-20,47-48H,(H,49,50)(H,51,52). The summed E-state index contributed by atoms with van der Waals surface area (Å²) in [6.07, 6.45) is 0. The Morgan fingerprint density at radius 1 is 0.473 bits per heavy atom. The van der Waals surface area contributed by atoms with Gasteiger partial charge in [-0.2, -0.15) is 0 Å². The number of aromatic carboxylic acids is 2. The molecule has 0 saturated heterocycles. The molecule has 0 aliphatic rings. The minimum absolute atomic E-state index is 0.000310. The number of hydrogen-bond acceptors (Lipinski definition) is 11. The molecule has 13 heteroatoms. The summed E-state index contributed by atoms with van der Waals surface area (Å²) >= 11 is 0. The fourth-order valence-corrected chi connectivity index (χ4v) is 6.47. The number of benzene rings is 6. The summed E-state index contributed by atoms with van der Waals surface area (Å²) in [6, 6.07) is 32.5. The van der Waals surface area contributed by atoms with Crippen molar-refractivity contribution in [1.82, 2.24) is 20.2 Å². The van der Waals surface area contributed by atoms with Crippen LogP contribution in [0.3, 0.4) is 0 Å². The summed E-state index contributed by atoms with van der Waals surface area (Å²) in [6.45, 7) is 0. The maximum Gasteiger partial charge on any atom is 0.336 e. The number of nitrogens with zero attached hydrogens (tertiary/aromatic N) is 4. The van der Waals surface area contributed by atoms with Gasteiger partial charge in [-0.05, 0) is 96.1 Å². The molecule has 0 aliphatic carbocycles. The van der Waals surface area contributed by atoms with Crippen molar-refractivity contribution < 1.29 is 43.3 Å². The number of para-hydroxylation sites is 4. The predicted molar refractivity (Wildman–Crippen MR) is 199 cm³/mol. The van der Waals surface area contributed by atoms with E-state index in [0.717, 1.165) is 0 Å². The van der Waals surface area contributed by atoms with E-state index in [9.17, 15) is 30.0 Å². The first-order valence-corrected chi connectivity index (χ1v) is 16.7. The third-order valence-corrected chi connectivity index (χ3v) is 9.09. The Bertz CT molecular complexity index is 2910. The van der Waals surface area contributed by atoms with Gasteiger partial charge in [0.15, 0.2) is 11.2 Å². The second-order valence-electron chi connectivity index (χ2n) is 12.4. The number of aromatic nitrogens is 4. The van der Waals surface area contributed by atoms with Gasteiger partial charge < -0.3 is 33.7 Å². The number of rotatable bonds is 8. The van der Waals surface area contributed by atoms with E-state index < -0.39 is 11.9 Å². The topological polar surface area (TPSA) is 206 Å². The Labute approximate surface area is 309 Å². The SMILES string of the molecule is O=C(O)c1ccc(-c2nnc(-c3ccc(C(=O)O)c(-c4ccc(-c5nc6ccccc6o5)c(O)c4)c3-c3ccc(-c4nc5ccccc5o4)c(O)c3)o2)cc1. The maximum absolute atomic E-state index is 12.9. The zero-order valence-corrected chi connectivity index (χ0v) is 28.2. The molecule has 9 aromatic rings. The van der Waals surface area contributed by atoms with E-state index in [1.165, 1.54) is 48.5 Å². The molecule has 55 heavy (non-hydrogen) atoms. The van der Waals surface area contributed by atoms with Gasteiger partial charge in [-0.25, -0.2) is 19.6 Å². The van der Waals surface area contributed by atoms with Crippen LogP contribution < -0.4 is 0 Å². The van der Waals surface area contributed by atoms with Crippen molar-refractivity contribution in [3.8, 4) is 79.6 Å². The van der Waals surface area contributed by atoms with E-state index in [0.29, 0.717) is 50.0 Å². The maximum atomic E-state index is 12.9. The van der Waals surface area contributed by atoms with Crippen LogP contribution >= 0.6 is 0 Å². The molecule has 0 spiro atoms. The molecule has 0 saturated carbocycles. The molecule has 9 rings (SSSR count). The number of carboxylic acid groups (broad SMARTS) is 2. The lowest BCUT2D eigenvalue weighted by molar-refractivity contribution is 0.0686. The Morgan fingerprint density at radius 2 is 0.982 bits per heavy atom. The second kappa shape index (κ2) is 12.9. The molecule has 0 bridgehead atoms. The van der Waals surface area contributed by atoms with Gasteiger partial charge in [-0.3, -0.25) is 0 Å². The fourth-order valence-electron chi connectivity index (χ4n) is 6.47. The lowest BCUT2D eigenvalue weighted by Crippen LogP contribution is -2.03. The summed E-state index contributed by atoms with van der Waals surface area (Å²) in [7, 11) is 0. The summed E-state index contributed by atoms with van der Waals surface area (Å²) in [5, 5.41) is 51.2. The van der Waals surface area contributed by atoms with Crippen molar-refractivity contribution in [1.29, 1.82) is 0 Å². The number of aromatic hydroxyl groups is 2. The highest BCUT2D eigenvalue weighted by Gasteiger charge is 2.26. The van der Waals surface area contributed by atoms with Crippen LogP contribution in [0.5, 0.6) is 11.5 Å². The van der Waals surface area contributed by atoms with Crippen LogP contribution in [0.1, 0.15) is 20.7 Å². The number of carbonyl (C=O) groups is 2. The van der Waals surface area contributed by atoms with Gasteiger partial charge in [-0.1, -0.05) is 36.4 Å². The summed E-state index contributed by atoms with van der Waals surface area (Å²) in [5.74, 6) is -2.35. The summed E-state index contributed by atoms with van der Waals surface area (Å²) in [5.41, 5.74) is 4.66. The third-order valence-electron chi connectivity index (χ3n) is 9.09. The predicted octanol–water partition coefficient (Wildman–Crippen LogP) is 9.16. The average Bonchev–Trinajstić information content (AvgIpc) is 3.96. The molecule has 6 aromatic carbocycles. The molecule has 0 aliphatic heterocycles.